The molecule has 0 aliphatic heterocycles. The number of rotatable bonds is 4. The summed E-state index contributed by atoms with van der Waals surface area (Å²) >= 11 is 0. The van der Waals surface area contributed by atoms with Gasteiger partial charge in [0.2, 0.25) is 0 Å². The monoisotopic (exact) mass is 350 g/mol. The molecule has 1 amide bonds. The molecule has 0 unspecified atom stereocenters. The average molecular weight is 350 g/mol. The van der Waals surface area contributed by atoms with Crippen molar-refractivity contribution in [1.82, 2.24) is 9.97 Å². The van der Waals surface area contributed by atoms with Crippen LogP contribution in [-0.2, 0) is 0 Å². The second kappa shape index (κ2) is 7.50. The van der Waals surface area contributed by atoms with Gasteiger partial charge in [-0.05, 0) is 25.0 Å². The third-order valence-corrected chi connectivity index (χ3v) is 4.14. The van der Waals surface area contributed by atoms with Gasteiger partial charge in [-0.15, -0.1) is 0 Å². The van der Waals surface area contributed by atoms with Crippen LogP contribution in [0, 0.1) is 17.5 Å². The number of nitrogens with one attached hydrogen (secondary N) is 2. The van der Waals surface area contributed by atoms with Gasteiger partial charge < -0.3 is 10.6 Å². The molecule has 1 heterocycles. The zero-order chi connectivity index (χ0) is 17.8. The molecule has 1 aliphatic carbocycles. The lowest BCUT2D eigenvalue weighted by Gasteiger charge is -2.23. The highest BCUT2D eigenvalue weighted by molar-refractivity contribution is 6.03. The Bertz CT molecular complexity index is 778. The highest BCUT2D eigenvalue weighted by Crippen LogP contribution is 2.22. The SMILES string of the molecule is O=C(Nc1ccc(F)c(F)c1F)c1cc(NC2CCCCC2)ncn1. The predicted molar refractivity (Wildman–Crippen MR) is 86.8 cm³/mol. The number of hydrogen-bond donors (Lipinski definition) is 2. The number of nitrogens with zero attached hydrogens (tertiary/aromatic N) is 2. The van der Waals surface area contributed by atoms with E-state index in [1.807, 2.05) is 0 Å². The molecule has 0 spiro atoms. The zero-order valence-electron chi connectivity index (χ0n) is 13.4. The van der Waals surface area contributed by atoms with Crippen molar-refractivity contribution < 1.29 is 18.0 Å². The Hall–Kier alpha value is -2.64. The van der Waals surface area contributed by atoms with Crippen molar-refractivity contribution in [3.63, 3.8) is 0 Å². The fraction of sp³-hybridized carbons (Fsp3) is 0.353. The number of benzene rings is 1. The number of amides is 1. The van der Waals surface area contributed by atoms with Crippen LogP contribution in [0.2, 0.25) is 0 Å². The average Bonchev–Trinajstić information content (AvgIpc) is 2.63. The van der Waals surface area contributed by atoms with Crippen LogP contribution in [0.1, 0.15) is 42.6 Å². The molecular weight excluding hydrogens is 333 g/mol. The molecule has 0 bridgehead atoms. The molecule has 25 heavy (non-hydrogen) atoms. The molecule has 0 saturated heterocycles. The molecule has 1 fully saturated rings. The van der Waals surface area contributed by atoms with E-state index in [-0.39, 0.29) is 5.69 Å². The fourth-order valence-electron chi connectivity index (χ4n) is 2.83. The number of aromatic nitrogens is 2. The van der Waals surface area contributed by atoms with Crippen LogP contribution in [0.25, 0.3) is 0 Å². The standard InChI is InChI=1S/C17H17F3N4O/c18-11-6-7-12(16(20)15(11)19)24-17(25)13-8-14(22-9-21-13)23-10-4-2-1-3-5-10/h6-10H,1-5H2,(H,24,25)(H,21,22,23). The largest absolute Gasteiger partial charge is 0.367 e. The Kier molecular flexibility index (Phi) is 5.16. The summed E-state index contributed by atoms with van der Waals surface area (Å²) in [5.41, 5.74) is -0.457. The number of halogens is 3. The Morgan fingerprint density at radius 2 is 1.80 bits per heavy atom. The highest BCUT2D eigenvalue weighted by Gasteiger charge is 2.18. The molecule has 3 rings (SSSR count). The second-order valence-electron chi connectivity index (χ2n) is 5.94. The van der Waals surface area contributed by atoms with E-state index in [0.29, 0.717) is 11.9 Å². The summed E-state index contributed by atoms with van der Waals surface area (Å²) < 4.78 is 39.8. The van der Waals surface area contributed by atoms with Crippen molar-refractivity contribution in [1.29, 1.82) is 0 Å². The summed E-state index contributed by atoms with van der Waals surface area (Å²) in [4.78, 5) is 20.1. The van der Waals surface area contributed by atoms with Crippen LogP contribution in [0.4, 0.5) is 24.7 Å². The minimum atomic E-state index is -1.64. The molecule has 1 aromatic carbocycles. The maximum absolute atomic E-state index is 13.7. The minimum Gasteiger partial charge on any atom is -0.367 e. The maximum atomic E-state index is 13.7. The molecule has 0 radical (unpaired) electrons. The zero-order valence-corrected chi connectivity index (χ0v) is 13.4. The predicted octanol–water partition coefficient (Wildman–Crippen LogP) is 3.89. The molecule has 2 aromatic rings. The summed E-state index contributed by atoms with van der Waals surface area (Å²) in [5.74, 6) is -4.66. The topological polar surface area (TPSA) is 66.9 Å². The van der Waals surface area contributed by atoms with Crippen molar-refractivity contribution in [2.24, 2.45) is 0 Å². The number of carbonyl (C=O) groups excluding carboxylic acids is 1. The van der Waals surface area contributed by atoms with Gasteiger partial charge in [-0.1, -0.05) is 19.3 Å². The lowest BCUT2D eigenvalue weighted by atomic mass is 9.95. The Morgan fingerprint density at radius 3 is 2.56 bits per heavy atom. The summed E-state index contributed by atoms with van der Waals surface area (Å²) in [6.45, 7) is 0. The van der Waals surface area contributed by atoms with Crippen LogP contribution in [0.15, 0.2) is 24.5 Å². The fourth-order valence-corrected chi connectivity index (χ4v) is 2.83. The molecule has 1 aliphatic rings. The van der Waals surface area contributed by atoms with E-state index in [9.17, 15) is 18.0 Å². The van der Waals surface area contributed by atoms with Gasteiger partial charge in [0.25, 0.3) is 5.91 Å². The van der Waals surface area contributed by atoms with E-state index in [1.54, 1.807) is 0 Å². The quantitative estimate of drug-likeness (QED) is 0.821. The third-order valence-electron chi connectivity index (χ3n) is 4.14. The molecular formula is C17H17F3N4O. The molecule has 1 aromatic heterocycles. The van der Waals surface area contributed by atoms with Gasteiger partial charge in [0.05, 0.1) is 5.69 Å². The summed E-state index contributed by atoms with van der Waals surface area (Å²) in [6.07, 6.45) is 6.80. The van der Waals surface area contributed by atoms with Gasteiger partial charge >= 0.3 is 0 Å². The van der Waals surface area contributed by atoms with Crippen molar-refractivity contribution in [3.05, 3.63) is 47.7 Å². The van der Waals surface area contributed by atoms with E-state index in [2.05, 4.69) is 20.6 Å². The first kappa shape index (κ1) is 17.2. The summed E-state index contributed by atoms with van der Waals surface area (Å²) in [5, 5.41) is 5.44. The van der Waals surface area contributed by atoms with Crippen molar-refractivity contribution in [3.8, 4) is 0 Å². The molecule has 2 N–H and O–H groups in total. The Balaban J connectivity index is 1.72. The number of anilines is 2. The maximum Gasteiger partial charge on any atom is 0.274 e. The smallest absolute Gasteiger partial charge is 0.274 e. The van der Waals surface area contributed by atoms with Gasteiger partial charge in [-0.3, -0.25) is 4.79 Å². The molecule has 132 valence electrons. The second-order valence-corrected chi connectivity index (χ2v) is 5.94. The van der Waals surface area contributed by atoms with Gasteiger partial charge in [0.1, 0.15) is 17.8 Å². The molecule has 1 saturated carbocycles. The van der Waals surface area contributed by atoms with Crippen LogP contribution >= 0.6 is 0 Å². The lowest BCUT2D eigenvalue weighted by molar-refractivity contribution is 0.102. The first-order chi connectivity index (χ1) is 12.0. The van der Waals surface area contributed by atoms with Gasteiger partial charge in [0.15, 0.2) is 17.5 Å². The van der Waals surface area contributed by atoms with Crippen LogP contribution in [0.3, 0.4) is 0 Å². The van der Waals surface area contributed by atoms with Crippen LogP contribution < -0.4 is 10.6 Å². The lowest BCUT2D eigenvalue weighted by Crippen LogP contribution is -2.23. The van der Waals surface area contributed by atoms with Crippen molar-refractivity contribution in [2.75, 3.05) is 10.6 Å². The van der Waals surface area contributed by atoms with Crippen molar-refractivity contribution in [2.45, 2.75) is 38.1 Å². The summed E-state index contributed by atoms with van der Waals surface area (Å²) in [7, 11) is 0. The van der Waals surface area contributed by atoms with E-state index in [0.717, 1.165) is 37.8 Å². The molecule has 8 heteroatoms. The van der Waals surface area contributed by atoms with E-state index in [1.165, 1.54) is 18.8 Å². The van der Waals surface area contributed by atoms with Gasteiger partial charge in [-0.2, -0.15) is 0 Å². The third kappa shape index (κ3) is 4.07. The van der Waals surface area contributed by atoms with Crippen LogP contribution in [0.5, 0.6) is 0 Å². The van der Waals surface area contributed by atoms with E-state index >= 15 is 0 Å². The first-order valence-corrected chi connectivity index (χ1v) is 8.08. The Labute approximate surface area is 142 Å². The Morgan fingerprint density at radius 1 is 1.04 bits per heavy atom. The molecule has 5 nitrogen and oxygen atoms in total. The first-order valence-electron chi connectivity index (χ1n) is 8.08. The van der Waals surface area contributed by atoms with Gasteiger partial charge in [0, 0.05) is 12.1 Å². The van der Waals surface area contributed by atoms with E-state index < -0.39 is 29.0 Å². The normalized spacial score (nSPS) is 15.0. The van der Waals surface area contributed by atoms with E-state index in [4.69, 9.17) is 0 Å². The van der Waals surface area contributed by atoms with Crippen LogP contribution in [-0.4, -0.2) is 21.9 Å². The minimum absolute atomic E-state index is 0.00237. The van der Waals surface area contributed by atoms with Crippen molar-refractivity contribution >= 4 is 17.4 Å². The summed E-state index contributed by atoms with van der Waals surface area (Å²) in [6, 6.07) is 3.43. The molecule has 0 atom stereocenters. The number of hydrogen-bond acceptors (Lipinski definition) is 4. The number of carbonyl (C=O) groups is 1. The van der Waals surface area contributed by atoms with Gasteiger partial charge in [-0.25, -0.2) is 23.1 Å². The highest BCUT2D eigenvalue weighted by atomic mass is 19.2.